The quantitative estimate of drug-likeness (QED) is 0.675. The zero-order chi connectivity index (χ0) is 13.3. The largest absolute Gasteiger partial charge is 0.325 e. The average molecular weight is 268 g/mol. The van der Waals surface area contributed by atoms with Crippen LogP contribution in [0.25, 0.3) is 0 Å². The number of amides is 3. The first-order valence-electron chi connectivity index (χ1n) is 5.32. The number of carbonyl (C=O) groups excluding carboxylic acids is 3. The van der Waals surface area contributed by atoms with Crippen LogP contribution in [0.5, 0.6) is 0 Å². The Morgan fingerprint density at radius 3 is 3.00 bits per heavy atom. The van der Waals surface area contributed by atoms with E-state index in [-0.39, 0.29) is 18.8 Å². The third-order valence-electron chi connectivity index (χ3n) is 2.63. The van der Waals surface area contributed by atoms with Gasteiger partial charge in [0, 0.05) is 11.9 Å². The van der Waals surface area contributed by atoms with E-state index in [0.717, 1.165) is 0 Å². The minimum atomic E-state index is -0.682. The Morgan fingerprint density at radius 1 is 1.67 bits per heavy atom. The van der Waals surface area contributed by atoms with E-state index in [2.05, 4.69) is 10.3 Å². The van der Waals surface area contributed by atoms with Crippen LogP contribution in [0.2, 0.25) is 0 Å². The molecule has 0 spiro atoms. The maximum atomic E-state index is 12.1. The molecule has 1 aliphatic heterocycles. The second-order valence-electron chi connectivity index (χ2n) is 3.85. The van der Waals surface area contributed by atoms with Crippen molar-refractivity contribution in [2.24, 2.45) is 5.73 Å². The summed E-state index contributed by atoms with van der Waals surface area (Å²) < 4.78 is 0. The summed E-state index contributed by atoms with van der Waals surface area (Å²) in [5.41, 5.74) is 5.64. The van der Waals surface area contributed by atoms with E-state index in [0.29, 0.717) is 5.01 Å². The molecule has 1 fully saturated rings. The van der Waals surface area contributed by atoms with Crippen LogP contribution in [0.1, 0.15) is 22.4 Å². The standard InChI is InChI=1S/C10H12N4O3S/c1-5-9(16)13-7(15)3-14(5)10(17)6-4-18-8(2-11)12-6/h4-5H,2-3,11H2,1H3,(H,13,15,16). The van der Waals surface area contributed by atoms with Gasteiger partial charge in [0.15, 0.2) is 0 Å². The number of hydrogen-bond donors (Lipinski definition) is 2. The van der Waals surface area contributed by atoms with E-state index in [1.165, 1.54) is 16.2 Å². The fourth-order valence-electron chi connectivity index (χ4n) is 1.61. The lowest BCUT2D eigenvalue weighted by molar-refractivity contribution is -0.138. The molecule has 1 aromatic rings. The van der Waals surface area contributed by atoms with E-state index < -0.39 is 23.8 Å². The Bertz CT molecular complexity index is 513. The summed E-state index contributed by atoms with van der Waals surface area (Å²) in [5, 5.41) is 4.39. The number of nitrogens with one attached hydrogen (secondary N) is 1. The maximum Gasteiger partial charge on any atom is 0.274 e. The zero-order valence-electron chi connectivity index (χ0n) is 9.67. The number of imide groups is 1. The van der Waals surface area contributed by atoms with E-state index >= 15 is 0 Å². The monoisotopic (exact) mass is 268 g/mol. The Labute approximate surface area is 107 Å². The molecule has 1 unspecified atom stereocenters. The number of rotatable bonds is 2. The van der Waals surface area contributed by atoms with Crippen LogP contribution in [-0.4, -0.2) is 40.2 Å². The third-order valence-corrected chi connectivity index (χ3v) is 3.50. The van der Waals surface area contributed by atoms with Crippen molar-refractivity contribution in [2.75, 3.05) is 6.54 Å². The molecule has 96 valence electrons. The molecule has 3 N–H and O–H groups in total. The summed E-state index contributed by atoms with van der Waals surface area (Å²) >= 11 is 1.28. The molecule has 18 heavy (non-hydrogen) atoms. The Morgan fingerprint density at radius 2 is 2.39 bits per heavy atom. The van der Waals surface area contributed by atoms with Crippen LogP contribution in [0.3, 0.4) is 0 Å². The van der Waals surface area contributed by atoms with Gasteiger partial charge in [0.05, 0.1) is 0 Å². The lowest BCUT2D eigenvalue weighted by Gasteiger charge is -2.31. The molecule has 0 radical (unpaired) electrons. The highest BCUT2D eigenvalue weighted by Crippen LogP contribution is 2.14. The highest BCUT2D eigenvalue weighted by Gasteiger charge is 2.34. The first-order valence-corrected chi connectivity index (χ1v) is 6.20. The van der Waals surface area contributed by atoms with Gasteiger partial charge in [-0.2, -0.15) is 0 Å². The second-order valence-corrected chi connectivity index (χ2v) is 4.79. The van der Waals surface area contributed by atoms with Crippen molar-refractivity contribution in [1.29, 1.82) is 0 Å². The predicted octanol–water partition coefficient (Wildman–Crippen LogP) is -0.911. The van der Waals surface area contributed by atoms with E-state index in [1.807, 2.05) is 0 Å². The molecule has 0 aromatic carbocycles. The van der Waals surface area contributed by atoms with Gasteiger partial charge in [-0.25, -0.2) is 4.98 Å². The molecule has 2 rings (SSSR count). The fourth-order valence-corrected chi connectivity index (χ4v) is 2.26. The first-order chi connectivity index (χ1) is 8.52. The van der Waals surface area contributed by atoms with Gasteiger partial charge >= 0.3 is 0 Å². The molecule has 7 nitrogen and oxygen atoms in total. The summed E-state index contributed by atoms with van der Waals surface area (Å²) in [4.78, 5) is 40.1. The second kappa shape index (κ2) is 4.83. The molecule has 2 heterocycles. The number of thiazole rings is 1. The van der Waals surface area contributed by atoms with Gasteiger partial charge in [-0.3, -0.25) is 19.7 Å². The molecule has 0 aliphatic carbocycles. The van der Waals surface area contributed by atoms with Crippen LogP contribution in [0.15, 0.2) is 5.38 Å². The average Bonchev–Trinajstić information content (AvgIpc) is 2.81. The number of hydrogen-bond acceptors (Lipinski definition) is 6. The van der Waals surface area contributed by atoms with Gasteiger partial charge in [-0.1, -0.05) is 0 Å². The van der Waals surface area contributed by atoms with Gasteiger partial charge in [-0.15, -0.1) is 11.3 Å². The molecule has 1 aromatic heterocycles. The topological polar surface area (TPSA) is 105 Å². The van der Waals surface area contributed by atoms with Gasteiger partial charge in [-0.05, 0) is 6.92 Å². The van der Waals surface area contributed by atoms with Crippen LogP contribution in [0, 0.1) is 0 Å². The molecular weight excluding hydrogens is 256 g/mol. The highest BCUT2D eigenvalue weighted by atomic mass is 32.1. The number of aromatic nitrogens is 1. The zero-order valence-corrected chi connectivity index (χ0v) is 10.5. The lowest BCUT2D eigenvalue weighted by atomic mass is 10.2. The first kappa shape index (κ1) is 12.7. The Hall–Kier alpha value is -1.80. The van der Waals surface area contributed by atoms with E-state index in [1.54, 1.807) is 12.3 Å². The predicted molar refractivity (Wildman–Crippen MR) is 63.7 cm³/mol. The summed E-state index contributed by atoms with van der Waals surface area (Å²) in [6, 6.07) is -0.682. The molecular formula is C10H12N4O3S. The van der Waals surface area contributed by atoms with Crippen molar-refractivity contribution in [3.63, 3.8) is 0 Å². The summed E-state index contributed by atoms with van der Waals surface area (Å²) in [6.07, 6.45) is 0. The van der Waals surface area contributed by atoms with Crippen LogP contribution in [-0.2, 0) is 16.1 Å². The summed E-state index contributed by atoms with van der Waals surface area (Å²) in [6.45, 7) is 1.68. The molecule has 0 bridgehead atoms. The number of nitrogens with two attached hydrogens (primary N) is 1. The van der Waals surface area contributed by atoms with Crippen molar-refractivity contribution in [3.8, 4) is 0 Å². The summed E-state index contributed by atoms with van der Waals surface area (Å²) in [7, 11) is 0. The van der Waals surface area contributed by atoms with Gasteiger partial charge in [0.2, 0.25) is 11.8 Å². The Kier molecular flexibility index (Phi) is 3.39. The van der Waals surface area contributed by atoms with Crippen LogP contribution in [0.4, 0.5) is 0 Å². The van der Waals surface area contributed by atoms with Crippen molar-refractivity contribution in [2.45, 2.75) is 19.5 Å². The molecule has 8 heteroatoms. The number of piperazine rings is 1. The van der Waals surface area contributed by atoms with Crippen molar-refractivity contribution >= 4 is 29.1 Å². The van der Waals surface area contributed by atoms with Crippen molar-refractivity contribution in [1.82, 2.24) is 15.2 Å². The van der Waals surface area contributed by atoms with Crippen molar-refractivity contribution in [3.05, 3.63) is 16.1 Å². The van der Waals surface area contributed by atoms with Gasteiger partial charge < -0.3 is 10.6 Å². The van der Waals surface area contributed by atoms with Gasteiger partial charge in [0.25, 0.3) is 5.91 Å². The minimum Gasteiger partial charge on any atom is -0.325 e. The van der Waals surface area contributed by atoms with Crippen LogP contribution < -0.4 is 11.1 Å². The highest BCUT2D eigenvalue weighted by molar-refractivity contribution is 7.09. The molecule has 0 saturated carbocycles. The fraction of sp³-hybridized carbons (Fsp3) is 0.400. The van der Waals surface area contributed by atoms with E-state index in [9.17, 15) is 14.4 Å². The molecule has 3 amide bonds. The summed E-state index contributed by atoms with van der Waals surface area (Å²) in [5.74, 6) is -1.39. The van der Waals surface area contributed by atoms with E-state index in [4.69, 9.17) is 5.73 Å². The molecule has 1 saturated heterocycles. The van der Waals surface area contributed by atoms with Crippen molar-refractivity contribution < 1.29 is 14.4 Å². The maximum absolute atomic E-state index is 12.1. The SMILES string of the molecule is CC1C(=O)NC(=O)CN1C(=O)c1csc(CN)n1. The minimum absolute atomic E-state index is 0.138. The lowest BCUT2D eigenvalue weighted by Crippen LogP contribution is -2.58. The smallest absolute Gasteiger partial charge is 0.274 e. The van der Waals surface area contributed by atoms with Crippen LogP contribution >= 0.6 is 11.3 Å². The third kappa shape index (κ3) is 2.24. The number of nitrogens with zero attached hydrogens (tertiary/aromatic N) is 2. The Balaban J connectivity index is 2.21. The molecule has 1 aliphatic rings. The number of carbonyl (C=O) groups is 3. The van der Waals surface area contributed by atoms with Gasteiger partial charge in [0.1, 0.15) is 23.3 Å². The molecule has 1 atom stereocenters. The normalized spacial score (nSPS) is 19.9.